The number of hydrogen-bond donors (Lipinski definition) is 0. The second-order valence-electron chi connectivity index (χ2n) is 5.63. The first-order chi connectivity index (χ1) is 9.38. The largest absolute Gasteiger partial charge is 0.294 e. The van der Waals surface area contributed by atoms with Gasteiger partial charge in [-0.2, -0.15) is 0 Å². The molecule has 104 valence electrons. The molecule has 0 spiro atoms. The van der Waals surface area contributed by atoms with Gasteiger partial charge in [-0.05, 0) is 48.3 Å². The highest BCUT2D eigenvalue weighted by molar-refractivity contribution is 6.00. The first kappa shape index (κ1) is 14.4. The fourth-order valence-electron chi connectivity index (χ4n) is 2.59. The number of hydrogen-bond acceptors (Lipinski definition) is 2. The lowest BCUT2D eigenvalue weighted by molar-refractivity contribution is -0.118. The summed E-state index contributed by atoms with van der Waals surface area (Å²) in [5.41, 5.74) is 3.69. The van der Waals surface area contributed by atoms with E-state index in [9.17, 15) is 9.59 Å². The van der Waals surface area contributed by atoms with Gasteiger partial charge in [0.2, 0.25) is 0 Å². The quantitative estimate of drug-likeness (QED) is 0.764. The van der Waals surface area contributed by atoms with Crippen LogP contribution in [-0.2, 0) is 9.59 Å². The van der Waals surface area contributed by atoms with Gasteiger partial charge >= 0.3 is 0 Å². The van der Waals surface area contributed by atoms with E-state index in [-0.39, 0.29) is 23.4 Å². The molecular weight excluding hydrogens is 248 g/mol. The molecule has 0 amide bonds. The Kier molecular flexibility index (Phi) is 4.03. The van der Waals surface area contributed by atoms with Crippen LogP contribution in [0.25, 0.3) is 0 Å². The van der Waals surface area contributed by atoms with E-state index >= 15 is 0 Å². The normalized spacial score (nSPS) is 27.2. The minimum Gasteiger partial charge on any atom is -0.294 e. The Labute approximate surface area is 120 Å². The zero-order chi connectivity index (χ0) is 14.9. The molecule has 0 heterocycles. The van der Waals surface area contributed by atoms with Gasteiger partial charge in [-0.1, -0.05) is 38.2 Å². The summed E-state index contributed by atoms with van der Waals surface area (Å²) in [6.07, 6.45) is 11.8. The lowest BCUT2D eigenvalue weighted by atomic mass is 9.89. The highest BCUT2D eigenvalue weighted by atomic mass is 16.1. The van der Waals surface area contributed by atoms with E-state index in [4.69, 9.17) is 0 Å². The van der Waals surface area contributed by atoms with Gasteiger partial charge < -0.3 is 0 Å². The Balaban J connectivity index is 2.19. The van der Waals surface area contributed by atoms with E-state index in [0.29, 0.717) is 0 Å². The molecule has 0 saturated carbocycles. The van der Waals surface area contributed by atoms with Gasteiger partial charge in [0.25, 0.3) is 0 Å². The lowest BCUT2D eigenvalue weighted by Gasteiger charge is -2.14. The average Bonchev–Trinajstić information content (AvgIpc) is 2.39. The van der Waals surface area contributed by atoms with E-state index in [1.54, 1.807) is 0 Å². The molecule has 2 rings (SSSR count). The van der Waals surface area contributed by atoms with Crippen molar-refractivity contribution in [2.24, 2.45) is 11.8 Å². The fraction of sp³-hybridized carbons (Fsp3) is 0.333. The van der Waals surface area contributed by atoms with Crippen molar-refractivity contribution in [3.05, 3.63) is 58.7 Å². The van der Waals surface area contributed by atoms with Gasteiger partial charge in [-0.25, -0.2) is 0 Å². The Bertz CT molecular complexity index is 555. The van der Waals surface area contributed by atoms with E-state index in [1.807, 2.05) is 64.2 Å². The SMILES string of the molecule is CC1=CC(C=CC2=CC(C)C(=O)C(C)=C2)=CC(C)C1=O. The Hall–Kier alpha value is -1.96. The van der Waals surface area contributed by atoms with Crippen molar-refractivity contribution in [3.63, 3.8) is 0 Å². The molecule has 0 aliphatic heterocycles. The van der Waals surface area contributed by atoms with Crippen molar-refractivity contribution in [1.82, 2.24) is 0 Å². The maximum Gasteiger partial charge on any atom is 0.165 e. The standard InChI is InChI=1S/C18H20O2/c1-11-7-15(8-12(2)17(11)19)5-6-16-9-13(3)18(20)14(4)10-16/h5-11,13H,1-4H3. The smallest absolute Gasteiger partial charge is 0.165 e. The summed E-state index contributed by atoms with van der Waals surface area (Å²) in [4.78, 5) is 23.4. The minimum atomic E-state index is -0.0576. The molecule has 0 radical (unpaired) electrons. The summed E-state index contributed by atoms with van der Waals surface area (Å²) in [6, 6.07) is 0. The summed E-state index contributed by atoms with van der Waals surface area (Å²) < 4.78 is 0. The molecule has 0 aromatic heterocycles. The molecule has 0 fully saturated rings. The third-order valence-corrected chi connectivity index (χ3v) is 3.72. The predicted molar refractivity (Wildman–Crippen MR) is 81.2 cm³/mol. The van der Waals surface area contributed by atoms with Crippen LogP contribution in [0.1, 0.15) is 27.7 Å². The molecule has 2 nitrogen and oxygen atoms in total. The Morgan fingerprint density at radius 1 is 0.800 bits per heavy atom. The van der Waals surface area contributed by atoms with Crippen molar-refractivity contribution in [2.75, 3.05) is 0 Å². The van der Waals surface area contributed by atoms with Crippen molar-refractivity contribution < 1.29 is 9.59 Å². The second kappa shape index (κ2) is 5.58. The first-order valence-corrected chi connectivity index (χ1v) is 6.95. The second-order valence-corrected chi connectivity index (χ2v) is 5.63. The molecule has 0 aromatic carbocycles. The molecular formula is C18H20O2. The summed E-state index contributed by atoms with van der Waals surface area (Å²) >= 11 is 0. The first-order valence-electron chi connectivity index (χ1n) is 6.95. The molecule has 2 unspecified atom stereocenters. The zero-order valence-corrected chi connectivity index (χ0v) is 12.4. The molecule has 2 heteroatoms. The van der Waals surface area contributed by atoms with Gasteiger partial charge in [-0.3, -0.25) is 9.59 Å². The van der Waals surface area contributed by atoms with Gasteiger partial charge in [-0.15, -0.1) is 0 Å². The number of ketones is 2. The van der Waals surface area contributed by atoms with Crippen LogP contribution in [0.15, 0.2) is 58.7 Å². The fourth-order valence-corrected chi connectivity index (χ4v) is 2.59. The van der Waals surface area contributed by atoms with Crippen LogP contribution >= 0.6 is 0 Å². The third kappa shape index (κ3) is 2.96. The number of Topliss-reactive ketones (excluding diaryl/α,β-unsaturated/α-hetero) is 2. The van der Waals surface area contributed by atoms with Crippen LogP contribution < -0.4 is 0 Å². The van der Waals surface area contributed by atoms with E-state index in [2.05, 4.69) is 0 Å². The van der Waals surface area contributed by atoms with Crippen LogP contribution in [0.5, 0.6) is 0 Å². The predicted octanol–water partition coefficient (Wildman–Crippen LogP) is 3.73. The van der Waals surface area contributed by atoms with Gasteiger partial charge in [0.05, 0.1) is 0 Å². The highest BCUT2D eigenvalue weighted by Gasteiger charge is 2.18. The molecule has 0 aromatic rings. The number of allylic oxidation sites excluding steroid dienone is 10. The Morgan fingerprint density at radius 2 is 1.15 bits per heavy atom. The average molecular weight is 268 g/mol. The van der Waals surface area contributed by atoms with Crippen LogP contribution in [0.3, 0.4) is 0 Å². The maximum atomic E-state index is 11.7. The summed E-state index contributed by atoms with van der Waals surface area (Å²) in [7, 11) is 0. The topological polar surface area (TPSA) is 34.1 Å². The zero-order valence-electron chi connectivity index (χ0n) is 12.4. The van der Waals surface area contributed by atoms with E-state index in [1.165, 1.54) is 0 Å². The van der Waals surface area contributed by atoms with Crippen LogP contribution in [0.2, 0.25) is 0 Å². The molecule has 2 atom stereocenters. The molecule has 2 aliphatic carbocycles. The lowest BCUT2D eigenvalue weighted by Crippen LogP contribution is -2.14. The van der Waals surface area contributed by atoms with Crippen molar-refractivity contribution in [2.45, 2.75) is 27.7 Å². The number of carbonyl (C=O) groups excluding carboxylic acids is 2. The number of rotatable bonds is 2. The van der Waals surface area contributed by atoms with Crippen LogP contribution in [0.4, 0.5) is 0 Å². The van der Waals surface area contributed by atoms with Crippen molar-refractivity contribution in [3.8, 4) is 0 Å². The highest BCUT2D eigenvalue weighted by Crippen LogP contribution is 2.23. The maximum absolute atomic E-state index is 11.7. The van der Waals surface area contributed by atoms with Crippen LogP contribution in [0, 0.1) is 11.8 Å². The summed E-state index contributed by atoms with van der Waals surface area (Å²) in [5, 5.41) is 0. The molecule has 2 aliphatic rings. The van der Waals surface area contributed by atoms with Gasteiger partial charge in [0, 0.05) is 11.8 Å². The summed E-state index contributed by atoms with van der Waals surface area (Å²) in [6.45, 7) is 7.53. The summed E-state index contributed by atoms with van der Waals surface area (Å²) in [5.74, 6) is 0.263. The van der Waals surface area contributed by atoms with Crippen LogP contribution in [-0.4, -0.2) is 11.6 Å². The minimum absolute atomic E-state index is 0.0576. The molecule has 20 heavy (non-hydrogen) atoms. The van der Waals surface area contributed by atoms with Gasteiger partial charge in [0.15, 0.2) is 11.6 Å². The van der Waals surface area contributed by atoms with E-state index < -0.39 is 0 Å². The van der Waals surface area contributed by atoms with Gasteiger partial charge in [0.1, 0.15) is 0 Å². The monoisotopic (exact) mass is 268 g/mol. The van der Waals surface area contributed by atoms with Crippen molar-refractivity contribution in [1.29, 1.82) is 0 Å². The molecule has 0 N–H and O–H groups in total. The molecule has 0 bridgehead atoms. The van der Waals surface area contributed by atoms with Crippen molar-refractivity contribution >= 4 is 11.6 Å². The van der Waals surface area contributed by atoms with E-state index in [0.717, 1.165) is 22.3 Å². The number of carbonyl (C=O) groups is 2. The Morgan fingerprint density at radius 3 is 1.45 bits per heavy atom. The molecule has 0 saturated heterocycles. The third-order valence-electron chi connectivity index (χ3n) is 3.72.